The van der Waals surface area contributed by atoms with Crippen LogP contribution in [0.15, 0.2) is 54.7 Å². The molecule has 3 aromatic rings. The first-order chi connectivity index (χ1) is 13.6. The molecule has 0 saturated carbocycles. The molecule has 4 nitrogen and oxygen atoms in total. The molecule has 0 amide bonds. The summed E-state index contributed by atoms with van der Waals surface area (Å²) < 4.78 is 1.18. The lowest BCUT2D eigenvalue weighted by Gasteiger charge is -2.35. The molecule has 1 aromatic heterocycles. The lowest BCUT2D eigenvalue weighted by molar-refractivity contribution is 0.468. The third-order valence-electron chi connectivity index (χ3n) is 4.94. The molecule has 2 N–H and O–H groups in total. The molecule has 7 heteroatoms. The van der Waals surface area contributed by atoms with Crippen LogP contribution in [0.5, 0.6) is 0 Å². The Morgan fingerprint density at radius 1 is 1.14 bits per heavy atom. The molecule has 1 aliphatic rings. The van der Waals surface area contributed by atoms with Crippen molar-refractivity contribution in [2.24, 2.45) is 0 Å². The lowest BCUT2D eigenvalue weighted by atomic mass is 10.0. The molecule has 4 rings (SSSR count). The van der Waals surface area contributed by atoms with E-state index in [-0.39, 0.29) is 0 Å². The van der Waals surface area contributed by atoms with Crippen molar-refractivity contribution in [1.29, 1.82) is 0 Å². The van der Waals surface area contributed by atoms with E-state index in [2.05, 4.69) is 67.4 Å². The van der Waals surface area contributed by atoms with Crippen LogP contribution in [-0.4, -0.2) is 29.2 Å². The van der Waals surface area contributed by atoms with Gasteiger partial charge in [0.05, 0.1) is 5.52 Å². The Labute approximate surface area is 188 Å². The summed E-state index contributed by atoms with van der Waals surface area (Å²) in [5, 5.41) is 9.30. The zero-order valence-corrected chi connectivity index (χ0v) is 18.9. The van der Waals surface area contributed by atoms with Crippen molar-refractivity contribution in [2.75, 3.05) is 23.3 Å². The minimum Gasteiger partial charge on any atom is -0.371 e. The summed E-state index contributed by atoms with van der Waals surface area (Å²) in [7, 11) is 0. The van der Waals surface area contributed by atoms with Crippen LogP contribution < -0.4 is 15.5 Å². The smallest absolute Gasteiger partial charge is 0.170 e. The first kappa shape index (κ1) is 19.7. The molecule has 0 radical (unpaired) electrons. The van der Waals surface area contributed by atoms with Gasteiger partial charge < -0.3 is 15.5 Å². The number of rotatable bonds is 3. The van der Waals surface area contributed by atoms with Crippen LogP contribution in [0.4, 0.5) is 11.4 Å². The Morgan fingerprint density at radius 3 is 2.75 bits per heavy atom. The van der Waals surface area contributed by atoms with Crippen LogP contribution in [0.2, 0.25) is 5.02 Å². The summed E-state index contributed by atoms with van der Waals surface area (Å²) in [5.74, 6) is 0. The first-order valence-electron chi connectivity index (χ1n) is 9.21. The molecule has 1 aliphatic heterocycles. The van der Waals surface area contributed by atoms with Gasteiger partial charge in [0, 0.05) is 50.7 Å². The van der Waals surface area contributed by atoms with Crippen molar-refractivity contribution in [3.05, 3.63) is 63.3 Å². The van der Waals surface area contributed by atoms with Crippen LogP contribution in [0.3, 0.4) is 0 Å². The zero-order chi connectivity index (χ0) is 19.5. The van der Waals surface area contributed by atoms with Crippen molar-refractivity contribution >= 4 is 73.8 Å². The second-order valence-corrected chi connectivity index (χ2v) is 8.95. The second-order valence-electron chi connectivity index (χ2n) is 6.86. The number of nitrogens with one attached hydrogen (secondary N) is 2. The average molecular weight is 523 g/mol. The van der Waals surface area contributed by atoms with E-state index >= 15 is 0 Å². The molecular weight excluding hydrogens is 503 g/mol. The predicted molar refractivity (Wildman–Crippen MR) is 131 cm³/mol. The fourth-order valence-electron chi connectivity index (χ4n) is 3.57. The highest BCUT2D eigenvalue weighted by atomic mass is 127. The molecule has 2 heterocycles. The summed E-state index contributed by atoms with van der Waals surface area (Å²) in [4.78, 5) is 6.87. The molecule has 28 heavy (non-hydrogen) atoms. The van der Waals surface area contributed by atoms with Crippen LogP contribution in [-0.2, 0) is 0 Å². The van der Waals surface area contributed by atoms with E-state index in [0.717, 1.165) is 42.5 Å². The number of fused-ring (bicyclic) bond motifs is 1. The fourth-order valence-corrected chi connectivity index (χ4v) is 4.56. The maximum absolute atomic E-state index is 6.11. The third kappa shape index (κ3) is 4.67. The van der Waals surface area contributed by atoms with Gasteiger partial charge in [-0.2, -0.15) is 0 Å². The normalized spacial score (nSPS) is 14.9. The van der Waals surface area contributed by atoms with Crippen molar-refractivity contribution in [3.8, 4) is 0 Å². The summed E-state index contributed by atoms with van der Waals surface area (Å²) in [6, 6.07) is 16.6. The molecule has 0 unspecified atom stereocenters. The van der Waals surface area contributed by atoms with E-state index in [9.17, 15) is 0 Å². The largest absolute Gasteiger partial charge is 0.371 e. The average Bonchev–Trinajstić information content (AvgIpc) is 2.68. The zero-order valence-electron chi connectivity index (χ0n) is 15.2. The van der Waals surface area contributed by atoms with Crippen LogP contribution in [0, 0.1) is 3.57 Å². The van der Waals surface area contributed by atoms with Gasteiger partial charge in [0.1, 0.15) is 0 Å². The maximum Gasteiger partial charge on any atom is 0.170 e. The van der Waals surface area contributed by atoms with Crippen LogP contribution >= 0.6 is 46.4 Å². The fraction of sp³-hybridized carbons (Fsp3) is 0.238. The van der Waals surface area contributed by atoms with Gasteiger partial charge in [0.25, 0.3) is 0 Å². The topological polar surface area (TPSA) is 40.2 Å². The van der Waals surface area contributed by atoms with Crippen molar-refractivity contribution < 1.29 is 0 Å². The number of anilines is 2. The molecule has 1 saturated heterocycles. The third-order valence-corrected chi connectivity index (χ3v) is 6.06. The molecule has 0 bridgehead atoms. The Hall–Kier alpha value is -1.64. The molecule has 1 fully saturated rings. The Bertz CT molecular complexity index is 1000. The van der Waals surface area contributed by atoms with Gasteiger partial charge in [-0.25, -0.2) is 0 Å². The van der Waals surface area contributed by atoms with E-state index in [1.54, 1.807) is 0 Å². The predicted octanol–water partition coefficient (Wildman–Crippen LogP) is 5.45. The number of hydrogen-bond donors (Lipinski definition) is 2. The van der Waals surface area contributed by atoms with Crippen LogP contribution in [0.1, 0.15) is 12.8 Å². The number of nitrogens with zero attached hydrogens (tertiary/aromatic N) is 2. The Balaban J connectivity index is 1.37. The first-order valence-corrected chi connectivity index (χ1v) is 11.1. The van der Waals surface area contributed by atoms with E-state index in [4.69, 9.17) is 23.8 Å². The van der Waals surface area contributed by atoms with Crippen molar-refractivity contribution in [3.63, 3.8) is 0 Å². The quantitative estimate of drug-likeness (QED) is 0.354. The van der Waals surface area contributed by atoms with Gasteiger partial charge in [-0.05, 0) is 90.1 Å². The van der Waals surface area contributed by atoms with Gasteiger partial charge >= 0.3 is 0 Å². The number of halogens is 2. The van der Waals surface area contributed by atoms with E-state index in [1.807, 2.05) is 30.5 Å². The Kier molecular flexibility index (Phi) is 6.18. The van der Waals surface area contributed by atoms with Crippen LogP contribution in [0.25, 0.3) is 10.9 Å². The maximum atomic E-state index is 6.11. The molecule has 0 aliphatic carbocycles. The lowest BCUT2D eigenvalue weighted by Crippen LogP contribution is -2.46. The molecule has 0 atom stereocenters. The second kappa shape index (κ2) is 8.80. The summed E-state index contributed by atoms with van der Waals surface area (Å²) in [6.07, 6.45) is 3.93. The van der Waals surface area contributed by atoms with Crippen molar-refractivity contribution in [1.82, 2.24) is 10.3 Å². The number of pyridine rings is 1. The van der Waals surface area contributed by atoms with Gasteiger partial charge in [-0.15, -0.1) is 0 Å². The highest BCUT2D eigenvalue weighted by Gasteiger charge is 2.21. The number of piperidine rings is 1. The SMILES string of the molecule is S=C(Nc1cccc(I)c1)NC1CCN(c2ccnc3cc(Cl)ccc23)CC1. The van der Waals surface area contributed by atoms with E-state index in [0.29, 0.717) is 16.2 Å². The highest BCUT2D eigenvalue weighted by Crippen LogP contribution is 2.29. The van der Waals surface area contributed by atoms with E-state index in [1.165, 1.54) is 9.26 Å². The minimum absolute atomic E-state index is 0.376. The highest BCUT2D eigenvalue weighted by molar-refractivity contribution is 14.1. The molecule has 0 spiro atoms. The van der Waals surface area contributed by atoms with Gasteiger partial charge in [-0.3, -0.25) is 4.98 Å². The van der Waals surface area contributed by atoms with Gasteiger partial charge in [0.15, 0.2) is 5.11 Å². The summed E-state index contributed by atoms with van der Waals surface area (Å²) in [6.45, 7) is 1.95. The number of aromatic nitrogens is 1. The van der Waals surface area contributed by atoms with Crippen molar-refractivity contribution in [2.45, 2.75) is 18.9 Å². The number of benzene rings is 2. The number of hydrogen-bond acceptors (Lipinski definition) is 3. The molecular formula is C21H20ClIN4S. The van der Waals surface area contributed by atoms with Gasteiger partial charge in [0.2, 0.25) is 0 Å². The standard InChI is InChI=1S/C21H20ClIN4S/c22-14-4-5-18-19(12-14)24-9-6-20(18)27-10-7-16(8-11-27)25-21(28)26-17-3-1-2-15(23)13-17/h1-6,9,12-13,16H,7-8,10-11H2,(H2,25,26,28). The summed E-state index contributed by atoms with van der Waals surface area (Å²) in [5.41, 5.74) is 3.18. The molecule has 144 valence electrons. The summed E-state index contributed by atoms with van der Waals surface area (Å²) >= 11 is 13.9. The number of thiocarbonyl (C=S) groups is 1. The monoisotopic (exact) mass is 522 g/mol. The minimum atomic E-state index is 0.376. The van der Waals surface area contributed by atoms with E-state index < -0.39 is 0 Å². The van der Waals surface area contributed by atoms with Gasteiger partial charge in [-0.1, -0.05) is 17.7 Å². The Morgan fingerprint density at radius 2 is 1.96 bits per heavy atom. The molecule has 2 aromatic carbocycles.